The van der Waals surface area contributed by atoms with Crippen molar-refractivity contribution >= 4 is 17.9 Å². The van der Waals surface area contributed by atoms with E-state index < -0.39 is 35.7 Å². The van der Waals surface area contributed by atoms with E-state index in [0.717, 1.165) is 38.5 Å². The number of unbranched alkanes of at least 4 members (excludes halogenated alkanes) is 8. The van der Waals surface area contributed by atoms with Crippen LogP contribution in [0.2, 0.25) is 0 Å². The normalized spacial score (nSPS) is 16.2. The number of hydrogen-bond acceptors (Lipinski definition) is 4. The average Bonchev–Trinajstić information content (AvgIpc) is 2.74. The standard InChI is InChI=1S/C26H47NO6/c1-5-6-7-8-9-10-11-12-13-14-15-16-17-27(18-21(2)24(28)29,19-22(3)25(30)31)20-23(4)26(32)33/h10-11,21-23H,5-9,12-20H2,1-4H3,(H2-,28,29,30,31,32,33)/b11-10+. The Morgan fingerprint density at radius 2 is 1.15 bits per heavy atom. The van der Waals surface area contributed by atoms with E-state index in [1.807, 2.05) is 0 Å². The zero-order chi connectivity index (χ0) is 25.3. The van der Waals surface area contributed by atoms with Gasteiger partial charge in [0.15, 0.2) is 0 Å². The molecular formula is C26H47NO6. The van der Waals surface area contributed by atoms with Crippen LogP contribution in [0.25, 0.3) is 0 Å². The van der Waals surface area contributed by atoms with Gasteiger partial charge in [-0.15, -0.1) is 0 Å². The minimum Gasteiger partial charge on any atom is -0.550 e. The Kier molecular flexibility index (Phi) is 16.6. The lowest BCUT2D eigenvalue weighted by molar-refractivity contribution is -0.934. The molecule has 0 amide bonds. The first-order valence-electron chi connectivity index (χ1n) is 12.7. The fourth-order valence-electron chi connectivity index (χ4n) is 4.46. The van der Waals surface area contributed by atoms with Gasteiger partial charge in [-0.2, -0.15) is 0 Å². The molecule has 7 nitrogen and oxygen atoms in total. The van der Waals surface area contributed by atoms with E-state index >= 15 is 0 Å². The maximum atomic E-state index is 11.5. The van der Waals surface area contributed by atoms with Crippen molar-refractivity contribution in [3.8, 4) is 0 Å². The summed E-state index contributed by atoms with van der Waals surface area (Å²) in [5.74, 6) is -5.27. The molecule has 7 heteroatoms. The van der Waals surface area contributed by atoms with Crippen LogP contribution in [0.3, 0.4) is 0 Å². The second-order valence-electron chi connectivity index (χ2n) is 9.84. The van der Waals surface area contributed by atoms with E-state index in [0.29, 0.717) is 6.54 Å². The highest BCUT2D eigenvalue weighted by Gasteiger charge is 2.36. The maximum absolute atomic E-state index is 11.5. The Hall–Kier alpha value is -1.89. The average molecular weight is 470 g/mol. The maximum Gasteiger partial charge on any atom is 0.311 e. The molecule has 33 heavy (non-hydrogen) atoms. The van der Waals surface area contributed by atoms with E-state index in [2.05, 4.69) is 19.1 Å². The van der Waals surface area contributed by atoms with Crippen LogP contribution in [-0.2, 0) is 14.4 Å². The molecule has 0 bridgehead atoms. The molecule has 0 aromatic rings. The van der Waals surface area contributed by atoms with Gasteiger partial charge in [0, 0.05) is 11.9 Å². The van der Waals surface area contributed by atoms with Crippen molar-refractivity contribution in [3.63, 3.8) is 0 Å². The summed E-state index contributed by atoms with van der Waals surface area (Å²) in [6.45, 7) is 8.13. The van der Waals surface area contributed by atoms with Gasteiger partial charge < -0.3 is 24.6 Å². The van der Waals surface area contributed by atoms with E-state index in [4.69, 9.17) is 0 Å². The van der Waals surface area contributed by atoms with Gasteiger partial charge in [0.1, 0.15) is 11.8 Å². The van der Waals surface area contributed by atoms with Crippen LogP contribution in [0.1, 0.15) is 91.9 Å². The van der Waals surface area contributed by atoms with Crippen LogP contribution in [0.4, 0.5) is 0 Å². The molecule has 0 radical (unpaired) electrons. The molecule has 0 aromatic carbocycles. The zero-order valence-corrected chi connectivity index (χ0v) is 21.3. The van der Waals surface area contributed by atoms with Crippen LogP contribution in [0.5, 0.6) is 0 Å². The lowest BCUT2D eigenvalue weighted by atomic mass is 10.0. The van der Waals surface area contributed by atoms with Crippen molar-refractivity contribution < 1.29 is 34.2 Å². The van der Waals surface area contributed by atoms with Crippen LogP contribution in [-0.4, -0.2) is 58.8 Å². The van der Waals surface area contributed by atoms with Crippen molar-refractivity contribution in [2.75, 3.05) is 26.2 Å². The summed E-state index contributed by atoms with van der Waals surface area (Å²) in [5.41, 5.74) is 0. The van der Waals surface area contributed by atoms with Gasteiger partial charge in [-0.05, 0) is 52.4 Å². The van der Waals surface area contributed by atoms with E-state index in [-0.39, 0.29) is 24.1 Å². The molecule has 0 aliphatic carbocycles. The van der Waals surface area contributed by atoms with Crippen LogP contribution in [0, 0.1) is 17.8 Å². The Morgan fingerprint density at radius 3 is 1.58 bits per heavy atom. The third-order valence-electron chi connectivity index (χ3n) is 6.37. The van der Waals surface area contributed by atoms with Crippen molar-refractivity contribution in [3.05, 3.63) is 12.2 Å². The molecule has 0 aromatic heterocycles. The number of carboxylic acids is 3. The van der Waals surface area contributed by atoms with Crippen LogP contribution in [0.15, 0.2) is 12.2 Å². The highest BCUT2D eigenvalue weighted by atomic mass is 16.4. The zero-order valence-electron chi connectivity index (χ0n) is 21.3. The van der Waals surface area contributed by atoms with Crippen molar-refractivity contribution in [2.45, 2.75) is 91.9 Å². The van der Waals surface area contributed by atoms with Crippen LogP contribution < -0.4 is 5.11 Å². The molecule has 0 fully saturated rings. The predicted molar refractivity (Wildman–Crippen MR) is 128 cm³/mol. The number of quaternary nitrogens is 1. The number of hydrogen-bond donors (Lipinski definition) is 2. The molecular weight excluding hydrogens is 422 g/mol. The molecule has 0 heterocycles. The first kappa shape index (κ1) is 31.1. The summed E-state index contributed by atoms with van der Waals surface area (Å²) < 4.78 is 0.174. The van der Waals surface area contributed by atoms with Gasteiger partial charge in [0.05, 0.1) is 26.2 Å². The molecule has 0 spiro atoms. The molecule has 3 unspecified atom stereocenters. The second-order valence-corrected chi connectivity index (χ2v) is 9.84. The minimum absolute atomic E-state index is 0.174. The molecule has 0 aliphatic heterocycles. The molecule has 0 rings (SSSR count). The summed E-state index contributed by atoms with van der Waals surface area (Å²) in [6, 6.07) is 0. The number of allylic oxidation sites excluding steroid dienone is 2. The number of carbonyl (C=O) groups is 3. The van der Waals surface area contributed by atoms with Crippen molar-refractivity contribution in [1.82, 2.24) is 0 Å². The summed E-state index contributed by atoms with van der Waals surface area (Å²) in [7, 11) is 0. The highest BCUT2D eigenvalue weighted by Crippen LogP contribution is 2.22. The Bertz CT molecular complexity index is 549. The predicted octanol–water partition coefficient (Wildman–Crippen LogP) is 4.11. The third kappa shape index (κ3) is 14.8. The first-order valence-corrected chi connectivity index (χ1v) is 12.7. The van der Waals surface area contributed by atoms with Gasteiger partial charge in [-0.1, -0.05) is 51.7 Å². The van der Waals surface area contributed by atoms with E-state index in [1.54, 1.807) is 20.8 Å². The molecule has 192 valence electrons. The summed E-state index contributed by atoms with van der Waals surface area (Å²) in [4.78, 5) is 34.5. The minimum atomic E-state index is -1.19. The lowest BCUT2D eigenvalue weighted by Gasteiger charge is -2.43. The molecule has 2 N–H and O–H groups in total. The molecule has 0 saturated heterocycles. The van der Waals surface area contributed by atoms with Crippen LogP contribution >= 0.6 is 0 Å². The molecule has 3 atom stereocenters. The number of nitrogens with zero attached hydrogens (tertiary/aromatic N) is 1. The second kappa shape index (κ2) is 17.6. The highest BCUT2D eigenvalue weighted by molar-refractivity contribution is 5.70. The van der Waals surface area contributed by atoms with Crippen molar-refractivity contribution in [1.29, 1.82) is 0 Å². The lowest BCUT2D eigenvalue weighted by Crippen LogP contribution is -2.58. The summed E-state index contributed by atoms with van der Waals surface area (Å²) in [5, 5.41) is 30.3. The van der Waals surface area contributed by atoms with Gasteiger partial charge in [0.25, 0.3) is 0 Å². The van der Waals surface area contributed by atoms with Gasteiger partial charge in [-0.25, -0.2) is 0 Å². The van der Waals surface area contributed by atoms with Gasteiger partial charge >= 0.3 is 11.9 Å². The molecule has 0 saturated carbocycles. The smallest absolute Gasteiger partial charge is 0.311 e. The SMILES string of the molecule is CCCCCC/C=C/CCCCCC[N+](CC(C)C(=O)[O-])(CC(C)C(=O)O)CC(C)C(=O)O. The largest absolute Gasteiger partial charge is 0.550 e. The number of carboxylic acid groups (broad SMARTS) is 3. The monoisotopic (exact) mass is 469 g/mol. The summed E-state index contributed by atoms with van der Waals surface area (Å²) >= 11 is 0. The third-order valence-corrected chi connectivity index (χ3v) is 6.37. The van der Waals surface area contributed by atoms with Crippen molar-refractivity contribution in [2.24, 2.45) is 17.8 Å². The summed E-state index contributed by atoms with van der Waals surface area (Å²) in [6.07, 6.45) is 15.7. The van der Waals surface area contributed by atoms with Gasteiger partial charge in [0.2, 0.25) is 0 Å². The fourth-order valence-corrected chi connectivity index (χ4v) is 4.46. The first-order chi connectivity index (χ1) is 15.5. The Labute approximate surface area is 200 Å². The molecule has 0 aliphatic rings. The van der Waals surface area contributed by atoms with E-state index in [9.17, 15) is 29.7 Å². The Balaban J connectivity index is 4.89. The van der Waals surface area contributed by atoms with Gasteiger partial charge in [-0.3, -0.25) is 9.59 Å². The topological polar surface area (TPSA) is 115 Å². The number of rotatable bonds is 21. The number of aliphatic carboxylic acids is 3. The fraction of sp³-hybridized carbons (Fsp3) is 0.808. The Morgan fingerprint density at radius 1 is 0.727 bits per heavy atom. The van der Waals surface area contributed by atoms with E-state index in [1.165, 1.54) is 25.7 Å². The quantitative estimate of drug-likeness (QED) is 0.149. The number of carbonyl (C=O) groups excluding carboxylic acids is 1.